The smallest absolute Gasteiger partial charge is 0.123 e. The van der Waals surface area contributed by atoms with Gasteiger partial charge in [0, 0.05) is 23.1 Å². The van der Waals surface area contributed by atoms with Crippen molar-refractivity contribution in [3.63, 3.8) is 0 Å². The highest BCUT2D eigenvalue weighted by atomic mass is 79.9. The summed E-state index contributed by atoms with van der Waals surface area (Å²) in [6.45, 7) is 4.65. The van der Waals surface area contributed by atoms with Gasteiger partial charge < -0.3 is 15.5 Å². The summed E-state index contributed by atoms with van der Waals surface area (Å²) >= 11 is 3.38. The lowest BCUT2D eigenvalue weighted by atomic mass is 10.1. The molecule has 3 nitrogen and oxygen atoms in total. The van der Waals surface area contributed by atoms with Crippen molar-refractivity contribution in [1.82, 2.24) is 5.32 Å². The van der Waals surface area contributed by atoms with Crippen molar-refractivity contribution in [2.24, 2.45) is 0 Å². The molecule has 1 rings (SSSR count). The molecule has 0 bridgehead atoms. The maximum atomic E-state index is 9.76. The van der Waals surface area contributed by atoms with Crippen LogP contribution in [0.5, 0.6) is 5.75 Å². The number of halogens is 1. The van der Waals surface area contributed by atoms with E-state index in [1.54, 1.807) is 6.92 Å². The van der Waals surface area contributed by atoms with Gasteiger partial charge in [0.05, 0.1) is 6.10 Å². The standard InChI is InChI=1S/C11H16BrNO2/c1-7-3-10(12)4-9(11(7)15)6-13-5-8(2)14/h3-4,8,13-15H,5-6H2,1-2H3/t8-/m0/s1. The Hall–Kier alpha value is -0.580. The van der Waals surface area contributed by atoms with E-state index in [1.165, 1.54) is 0 Å². The second kappa shape index (κ2) is 5.49. The zero-order chi connectivity index (χ0) is 11.4. The number of aliphatic hydroxyl groups excluding tert-OH is 1. The van der Waals surface area contributed by atoms with E-state index in [9.17, 15) is 5.11 Å². The van der Waals surface area contributed by atoms with E-state index in [2.05, 4.69) is 21.2 Å². The Morgan fingerprint density at radius 2 is 2.13 bits per heavy atom. The molecule has 0 saturated heterocycles. The Morgan fingerprint density at radius 3 is 2.73 bits per heavy atom. The molecular formula is C11H16BrNO2. The normalized spacial score (nSPS) is 12.8. The first-order chi connectivity index (χ1) is 7.00. The summed E-state index contributed by atoms with van der Waals surface area (Å²) in [5.74, 6) is 0.316. The Morgan fingerprint density at radius 1 is 1.47 bits per heavy atom. The topological polar surface area (TPSA) is 52.5 Å². The molecular weight excluding hydrogens is 258 g/mol. The molecule has 1 aromatic carbocycles. The quantitative estimate of drug-likeness (QED) is 0.786. The summed E-state index contributed by atoms with van der Waals surface area (Å²) in [6, 6.07) is 3.74. The van der Waals surface area contributed by atoms with Crippen LogP contribution in [0.25, 0.3) is 0 Å². The monoisotopic (exact) mass is 273 g/mol. The predicted molar refractivity (Wildman–Crippen MR) is 63.9 cm³/mol. The number of hydrogen-bond donors (Lipinski definition) is 3. The molecule has 0 aromatic heterocycles. The average Bonchev–Trinajstić information content (AvgIpc) is 2.12. The minimum atomic E-state index is -0.375. The van der Waals surface area contributed by atoms with Gasteiger partial charge in [-0.05, 0) is 31.5 Å². The predicted octanol–water partition coefficient (Wildman–Crippen LogP) is 1.93. The van der Waals surface area contributed by atoms with Gasteiger partial charge in [-0.3, -0.25) is 0 Å². The Bertz CT molecular complexity index is 340. The molecule has 84 valence electrons. The molecule has 0 unspecified atom stereocenters. The van der Waals surface area contributed by atoms with Crippen LogP contribution in [0.4, 0.5) is 0 Å². The van der Waals surface area contributed by atoms with Gasteiger partial charge in [-0.15, -0.1) is 0 Å². The zero-order valence-electron chi connectivity index (χ0n) is 8.92. The van der Waals surface area contributed by atoms with E-state index in [-0.39, 0.29) is 6.10 Å². The first-order valence-corrected chi connectivity index (χ1v) is 5.66. The number of aryl methyl sites for hydroxylation is 1. The number of phenols is 1. The van der Waals surface area contributed by atoms with Crippen LogP contribution in [-0.4, -0.2) is 22.9 Å². The van der Waals surface area contributed by atoms with Gasteiger partial charge in [-0.1, -0.05) is 15.9 Å². The van der Waals surface area contributed by atoms with E-state index in [1.807, 2.05) is 19.1 Å². The van der Waals surface area contributed by atoms with Crippen LogP contribution in [0.1, 0.15) is 18.1 Å². The minimum absolute atomic E-state index is 0.316. The van der Waals surface area contributed by atoms with Gasteiger partial charge in [0.25, 0.3) is 0 Å². The number of hydrogen-bond acceptors (Lipinski definition) is 3. The molecule has 0 aliphatic heterocycles. The third-order valence-electron chi connectivity index (χ3n) is 2.10. The van der Waals surface area contributed by atoms with Crippen molar-refractivity contribution in [2.45, 2.75) is 26.5 Å². The van der Waals surface area contributed by atoms with E-state index < -0.39 is 0 Å². The maximum Gasteiger partial charge on any atom is 0.123 e. The highest BCUT2D eigenvalue weighted by Crippen LogP contribution is 2.26. The van der Waals surface area contributed by atoms with Crippen molar-refractivity contribution in [2.75, 3.05) is 6.54 Å². The minimum Gasteiger partial charge on any atom is -0.507 e. The first kappa shape index (κ1) is 12.5. The molecule has 0 saturated carbocycles. The summed E-state index contributed by atoms with van der Waals surface area (Å²) in [4.78, 5) is 0. The molecule has 1 aromatic rings. The van der Waals surface area contributed by atoms with Crippen molar-refractivity contribution in [3.05, 3.63) is 27.7 Å². The second-order valence-corrected chi connectivity index (χ2v) is 4.63. The van der Waals surface area contributed by atoms with Crippen LogP contribution in [0, 0.1) is 6.92 Å². The van der Waals surface area contributed by atoms with Gasteiger partial charge in [-0.2, -0.15) is 0 Å². The molecule has 1 atom stereocenters. The lowest BCUT2D eigenvalue weighted by Crippen LogP contribution is -2.23. The lowest BCUT2D eigenvalue weighted by Gasteiger charge is -2.10. The third-order valence-corrected chi connectivity index (χ3v) is 2.56. The molecule has 0 fully saturated rings. The summed E-state index contributed by atoms with van der Waals surface area (Å²) in [5, 5.41) is 21.9. The Kier molecular flexibility index (Phi) is 4.57. The molecule has 0 radical (unpaired) electrons. The van der Waals surface area contributed by atoms with Crippen molar-refractivity contribution in [1.29, 1.82) is 0 Å². The van der Waals surface area contributed by atoms with Crippen LogP contribution in [0.3, 0.4) is 0 Å². The molecule has 0 aliphatic rings. The van der Waals surface area contributed by atoms with Crippen molar-refractivity contribution >= 4 is 15.9 Å². The van der Waals surface area contributed by atoms with Gasteiger partial charge >= 0.3 is 0 Å². The number of aliphatic hydroxyl groups is 1. The van der Waals surface area contributed by atoms with Gasteiger partial charge in [0.15, 0.2) is 0 Å². The molecule has 0 spiro atoms. The lowest BCUT2D eigenvalue weighted by molar-refractivity contribution is 0.191. The molecule has 15 heavy (non-hydrogen) atoms. The fourth-order valence-electron chi connectivity index (χ4n) is 1.36. The highest BCUT2D eigenvalue weighted by Gasteiger charge is 2.06. The van der Waals surface area contributed by atoms with Crippen LogP contribution in [0.2, 0.25) is 0 Å². The fraction of sp³-hybridized carbons (Fsp3) is 0.455. The first-order valence-electron chi connectivity index (χ1n) is 4.87. The van der Waals surface area contributed by atoms with Gasteiger partial charge in [-0.25, -0.2) is 0 Å². The van der Waals surface area contributed by atoms with Crippen LogP contribution in [-0.2, 0) is 6.54 Å². The van der Waals surface area contributed by atoms with Crippen molar-refractivity contribution in [3.8, 4) is 5.75 Å². The molecule has 4 heteroatoms. The van der Waals surface area contributed by atoms with Crippen LogP contribution < -0.4 is 5.32 Å². The Balaban J connectivity index is 2.68. The number of aromatic hydroxyl groups is 1. The zero-order valence-corrected chi connectivity index (χ0v) is 10.5. The molecule has 0 amide bonds. The summed E-state index contributed by atoms with van der Waals surface area (Å²) in [6.07, 6.45) is -0.375. The number of phenolic OH excluding ortho intramolecular Hbond substituents is 1. The highest BCUT2D eigenvalue weighted by molar-refractivity contribution is 9.10. The molecule has 3 N–H and O–H groups in total. The fourth-order valence-corrected chi connectivity index (χ4v) is 1.98. The average molecular weight is 274 g/mol. The maximum absolute atomic E-state index is 9.76. The number of rotatable bonds is 4. The van der Waals surface area contributed by atoms with Crippen LogP contribution >= 0.6 is 15.9 Å². The van der Waals surface area contributed by atoms with E-state index >= 15 is 0 Å². The number of benzene rings is 1. The second-order valence-electron chi connectivity index (χ2n) is 3.71. The Labute approximate surface area is 98.3 Å². The molecule has 0 aliphatic carbocycles. The molecule has 0 heterocycles. The van der Waals surface area contributed by atoms with E-state index in [0.29, 0.717) is 18.8 Å². The summed E-state index contributed by atoms with van der Waals surface area (Å²) in [5.41, 5.74) is 1.68. The van der Waals surface area contributed by atoms with Gasteiger partial charge in [0.2, 0.25) is 0 Å². The summed E-state index contributed by atoms with van der Waals surface area (Å²) in [7, 11) is 0. The SMILES string of the molecule is Cc1cc(Br)cc(CNC[C@H](C)O)c1O. The van der Waals surface area contributed by atoms with E-state index in [4.69, 9.17) is 5.11 Å². The number of nitrogens with one attached hydrogen (secondary N) is 1. The van der Waals surface area contributed by atoms with E-state index in [0.717, 1.165) is 15.6 Å². The van der Waals surface area contributed by atoms with Crippen LogP contribution in [0.15, 0.2) is 16.6 Å². The van der Waals surface area contributed by atoms with Crippen molar-refractivity contribution < 1.29 is 10.2 Å². The largest absolute Gasteiger partial charge is 0.507 e. The summed E-state index contributed by atoms with van der Waals surface area (Å²) < 4.78 is 0.951. The third kappa shape index (κ3) is 3.81. The van der Waals surface area contributed by atoms with Gasteiger partial charge in [0.1, 0.15) is 5.75 Å².